The fourth-order valence-corrected chi connectivity index (χ4v) is 1.74. The van der Waals surface area contributed by atoms with Crippen LogP contribution in [0.1, 0.15) is 26.3 Å². The number of amides is 1. The molecule has 0 aliphatic heterocycles. The van der Waals surface area contributed by atoms with E-state index in [1.54, 1.807) is 45.3 Å². The SMILES string of the molecule is C=CC(C(=O)O)N(C=CCc1cccnc1)C(=O)OC(C)(C)C. The monoisotopic (exact) mass is 318 g/mol. The van der Waals surface area contributed by atoms with Gasteiger partial charge in [0.1, 0.15) is 5.60 Å². The Morgan fingerprint density at radius 1 is 1.48 bits per heavy atom. The molecule has 0 saturated carbocycles. The van der Waals surface area contributed by atoms with Gasteiger partial charge in [0.2, 0.25) is 0 Å². The Morgan fingerprint density at radius 3 is 2.65 bits per heavy atom. The molecule has 0 spiro atoms. The van der Waals surface area contributed by atoms with Crippen molar-refractivity contribution in [3.8, 4) is 0 Å². The molecular weight excluding hydrogens is 296 g/mol. The number of carbonyl (C=O) groups excluding carboxylic acids is 1. The molecule has 1 aromatic rings. The number of pyridine rings is 1. The lowest BCUT2D eigenvalue weighted by Crippen LogP contribution is -2.43. The van der Waals surface area contributed by atoms with Crippen molar-refractivity contribution >= 4 is 12.1 Å². The zero-order chi connectivity index (χ0) is 17.5. The van der Waals surface area contributed by atoms with Gasteiger partial charge in [-0.1, -0.05) is 18.2 Å². The number of allylic oxidation sites excluding steroid dienone is 1. The van der Waals surface area contributed by atoms with E-state index in [1.165, 1.54) is 12.3 Å². The largest absolute Gasteiger partial charge is 0.479 e. The first kappa shape index (κ1) is 18.4. The summed E-state index contributed by atoms with van der Waals surface area (Å²) in [5.74, 6) is -1.18. The Hall–Kier alpha value is -2.63. The van der Waals surface area contributed by atoms with Gasteiger partial charge in [-0.05, 0) is 38.8 Å². The first-order chi connectivity index (χ1) is 10.7. The molecule has 6 heteroatoms. The van der Waals surface area contributed by atoms with Crippen LogP contribution in [0, 0.1) is 0 Å². The van der Waals surface area contributed by atoms with Gasteiger partial charge in [-0.3, -0.25) is 9.88 Å². The van der Waals surface area contributed by atoms with Gasteiger partial charge in [0.15, 0.2) is 6.04 Å². The van der Waals surface area contributed by atoms with Crippen molar-refractivity contribution in [2.24, 2.45) is 0 Å². The van der Waals surface area contributed by atoms with Gasteiger partial charge in [0.05, 0.1) is 0 Å². The van der Waals surface area contributed by atoms with Crippen LogP contribution in [0.4, 0.5) is 4.79 Å². The lowest BCUT2D eigenvalue weighted by Gasteiger charge is -2.27. The number of ether oxygens (including phenoxy) is 1. The quantitative estimate of drug-likeness (QED) is 0.816. The van der Waals surface area contributed by atoms with Crippen LogP contribution in [0.3, 0.4) is 0 Å². The summed E-state index contributed by atoms with van der Waals surface area (Å²) < 4.78 is 5.25. The summed E-state index contributed by atoms with van der Waals surface area (Å²) >= 11 is 0. The van der Waals surface area contributed by atoms with Crippen molar-refractivity contribution in [1.29, 1.82) is 0 Å². The van der Waals surface area contributed by atoms with E-state index in [-0.39, 0.29) is 0 Å². The molecule has 0 bridgehead atoms. The predicted octanol–water partition coefficient (Wildman–Crippen LogP) is 3.01. The number of carbonyl (C=O) groups is 2. The Bertz CT molecular complexity index is 576. The van der Waals surface area contributed by atoms with Crippen LogP contribution in [-0.2, 0) is 16.0 Å². The molecule has 0 fully saturated rings. The van der Waals surface area contributed by atoms with Gasteiger partial charge in [0.25, 0.3) is 0 Å². The molecule has 6 nitrogen and oxygen atoms in total. The number of hydrogen-bond donors (Lipinski definition) is 1. The van der Waals surface area contributed by atoms with Crippen molar-refractivity contribution in [2.75, 3.05) is 0 Å². The first-order valence-corrected chi connectivity index (χ1v) is 7.17. The van der Waals surface area contributed by atoms with Crippen LogP contribution < -0.4 is 0 Å². The third-order valence-electron chi connectivity index (χ3n) is 2.72. The number of nitrogens with zero attached hydrogens (tertiary/aromatic N) is 2. The lowest BCUT2D eigenvalue weighted by molar-refractivity contribution is -0.140. The Morgan fingerprint density at radius 2 is 2.17 bits per heavy atom. The second-order valence-corrected chi connectivity index (χ2v) is 5.86. The summed E-state index contributed by atoms with van der Waals surface area (Å²) in [6.45, 7) is 8.62. The van der Waals surface area contributed by atoms with Crippen LogP contribution in [0.15, 0.2) is 49.5 Å². The third kappa shape index (κ3) is 6.34. The number of carboxylic acid groups (broad SMARTS) is 1. The van der Waals surface area contributed by atoms with Gasteiger partial charge < -0.3 is 9.84 Å². The van der Waals surface area contributed by atoms with Crippen molar-refractivity contribution in [2.45, 2.75) is 38.8 Å². The fraction of sp³-hybridized carbons (Fsp3) is 0.353. The van der Waals surface area contributed by atoms with Crippen molar-refractivity contribution in [3.05, 3.63) is 55.0 Å². The van der Waals surface area contributed by atoms with E-state index in [9.17, 15) is 14.7 Å². The average molecular weight is 318 g/mol. The standard InChI is InChI=1S/C17H22N2O4/c1-5-14(15(20)21)19(16(22)23-17(2,3)4)11-7-9-13-8-6-10-18-12-13/h5-8,10-12,14H,1,9H2,2-4H3,(H,20,21). The van der Waals surface area contributed by atoms with Gasteiger partial charge in [-0.25, -0.2) is 9.59 Å². The maximum atomic E-state index is 12.2. The fourth-order valence-electron chi connectivity index (χ4n) is 1.74. The minimum Gasteiger partial charge on any atom is -0.479 e. The number of rotatable bonds is 6. The highest BCUT2D eigenvalue weighted by atomic mass is 16.6. The molecule has 1 N–H and O–H groups in total. The molecule has 0 aliphatic carbocycles. The van der Waals surface area contributed by atoms with Crippen LogP contribution in [0.5, 0.6) is 0 Å². The van der Waals surface area contributed by atoms with E-state index in [2.05, 4.69) is 11.6 Å². The molecule has 1 unspecified atom stereocenters. The van der Waals surface area contributed by atoms with Crippen LogP contribution in [0.2, 0.25) is 0 Å². The highest BCUT2D eigenvalue weighted by Crippen LogP contribution is 2.14. The molecular formula is C17H22N2O4. The van der Waals surface area contributed by atoms with Gasteiger partial charge in [0, 0.05) is 18.6 Å². The predicted molar refractivity (Wildman–Crippen MR) is 86.8 cm³/mol. The molecule has 1 heterocycles. The average Bonchev–Trinajstić information content (AvgIpc) is 2.45. The molecule has 1 rings (SSSR count). The zero-order valence-corrected chi connectivity index (χ0v) is 13.6. The van der Waals surface area contributed by atoms with Crippen LogP contribution in [0.25, 0.3) is 0 Å². The normalized spacial score (nSPS) is 12.7. The Labute approximate surface area is 136 Å². The first-order valence-electron chi connectivity index (χ1n) is 7.17. The van der Waals surface area contributed by atoms with Crippen LogP contribution >= 0.6 is 0 Å². The van der Waals surface area contributed by atoms with E-state index in [0.717, 1.165) is 10.5 Å². The summed E-state index contributed by atoms with van der Waals surface area (Å²) in [5, 5.41) is 9.24. The Balaban J connectivity index is 2.92. The highest BCUT2D eigenvalue weighted by molar-refractivity contribution is 5.82. The van der Waals surface area contributed by atoms with E-state index in [4.69, 9.17) is 4.74 Å². The van der Waals surface area contributed by atoms with E-state index >= 15 is 0 Å². The molecule has 0 saturated heterocycles. The molecule has 124 valence electrons. The molecule has 1 amide bonds. The lowest BCUT2D eigenvalue weighted by atomic mass is 10.2. The van der Waals surface area contributed by atoms with Gasteiger partial charge in [-0.2, -0.15) is 0 Å². The van der Waals surface area contributed by atoms with E-state index in [1.807, 2.05) is 6.07 Å². The van der Waals surface area contributed by atoms with Crippen LogP contribution in [-0.4, -0.2) is 38.7 Å². The molecule has 0 aromatic carbocycles. The minimum absolute atomic E-state index is 0.511. The van der Waals surface area contributed by atoms with Gasteiger partial charge in [-0.15, -0.1) is 6.58 Å². The van der Waals surface area contributed by atoms with Gasteiger partial charge >= 0.3 is 12.1 Å². The number of aliphatic carboxylic acids is 1. The summed E-state index contributed by atoms with van der Waals surface area (Å²) in [6, 6.07) is 2.49. The topological polar surface area (TPSA) is 79.7 Å². The van der Waals surface area contributed by atoms with E-state index in [0.29, 0.717) is 6.42 Å². The molecule has 0 radical (unpaired) electrons. The highest BCUT2D eigenvalue weighted by Gasteiger charge is 2.29. The molecule has 1 aromatic heterocycles. The number of hydrogen-bond acceptors (Lipinski definition) is 4. The Kier molecular flexibility index (Phi) is 6.50. The smallest absolute Gasteiger partial charge is 0.415 e. The number of aromatic nitrogens is 1. The number of carboxylic acids is 1. The van der Waals surface area contributed by atoms with Crippen molar-refractivity contribution in [3.63, 3.8) is 0 Å². The third-order valence-corrected chi connectivity index (χ3v) is 2.72. The molecule has 0 aliphatic rings. The van der Waals surface area contributed by atoms with E-state index < -0.39 is 23.7 Å². The summed E-state index contributed by atoms with van der Waals surface area (Å²) in [5.41, 5.74) is 0.217. The second kappa shape index (κ2) is 8.12. The summed E-state index contributed by atoms with van der Waals surface area (Å²) in [6.07, 6.45) is 7.40. The summed E-state index contributed by atoms with van der Waals surface area (Å²) in [4.78, 5) is 28.6. The maximum Gasteiger partial charge on any atom is 0.415 e. The van der Waals surface area contributed by atoms with Crippen molar-refractivity contribution in [1.82, 2.24) is 9.88 Å². The molecule has 1 atom stereocenters. The second-order valence-electron chi connectivity index (χ2n) is 5.86. The minimum atomic E-state index is -1.20. The maximum absolute atomic E-state index is 12.2. The van der Waals surface area contributed by atoms with Crippen molar-refractivity contribution < 1.29 is 19.4 Å². The summed E-state index contributed by atoms with van der Waals surface area (Å²) in [7, 11) is 0. The molecule has 23 heavy (non-hydrogen) atoms. The zero-order valence-electron chi connectivity index (χ0n) is 13.6.